The summed E-state index contributed by atoms with van der Waals surface area (Å²) < 4.78 is 2.25. The maximum Gasteiger partial charge on any atom is 0.251 e. The van der Waals surface area contributed by atoms with Crippen LogP contribution in [0.15, 0.2) is 60.8 Å². The lowest BCUT2D eigenvalue weighted by atomic mass is 10.2. The fraction of sp³-hybridized carbons (Fsp3) is 0.333. The summed E-state index contributed by atoms with van der Waals surface area (Å²) in [5.41, 5.74) is 2.52. The summed E-state index contributed by atoms with van der Waals surface area (Å²) >= 11 is 0. The summed E-state index contributed by atoms with van der Waals surface area (Å²) in [7, 11) is 0. The molecule has 0 unspecified atom stereocenters. The number of carbonyl (C=O) groups is 2. The number of benzene rings is 2. The summed E-state index contributed by atoms with van der Waals surface area (Å²) in [5, 5.41) is 6.79. The second kappa shape index (κ2) is 10.6. The van der Waals surface area contributed by atoms with E-state index in [9.17, 15) is 9.59 Å². The number of amides is 2. The Kier molecular flexibility index (Phi) is 7.63. The van der Waals surface area contributed by atoms with Crippen LogP contribution in [0.1, 0.15) is 30.6 Å². The van der Waals surface area contributed by atoms with Gasteiger partial charge in [-0.1, -0.05) is 32.0 Å². The molecular formula is C24H30N4O2. The predicted octanol–water partition coefficient (Wildman–Crippen LogP) is 3.74. The highest BCUT2D eigenvalue weighted by molar-refractivity contribution is 5.96. The van der Waals surface area contributed by atoms with Gasteiger partial charge in [-0.25, -0.2) is 0 Å². The Labute approximate surface area is 177 Å². The van der Waals surface area contributed by atoms with Crippen molar-refractivity contribution in [3.05, 3.63) is 66.4 Å². The van der Waals surface area contributed by atoms with Crippen molar-refractivity contribution in [1.82, 2.24) is 14.8 Å². The van der Waals surface area contributed by atoms with Gasteiger partial charge in [-0.15, -0.1) is 0 Å². The van der Waals surface area contributed by atoms with Crippen molar-refractivity contribution < 1.29 is 9.59 Å². The molecule has 2 amide bonds. The molecule has 2 N–H and O–H groups in total. The van der Waals surface area contributed by atoms with E-state index >= 15 is 0 Å². The van der Waals surface area contributed by atoms with Crippen LogP contribution in [0.4, 0.5) is 5.69 Å². The molecule has 0 fully saturated rings. The lowest BCUT2D eigenvalue weighted by molar-refractivity contribution is -0.116. The van der Waals surface area contributed by atoms with E-state index in [2.05, 4.69) is 46.2 Å². The maximum absolute atomic E-state index is 12.2. The molecule has 6 heteroatoms. The Balaban J connectivity index is 1.50. The highest BCUT2D eigenvalue weighted by Gasteiger charge is 2.08. The zero-order valence-electron chi connectivity index (χ0n) is 17.7. The van der Waals surface area contributed by atoms with Gasteiger partial charge in [-0.3, -0.25) is 9.59 Å². The summed E-state index contributed by atoms with van der Waals surface area (Å²) in [6.07, 6.45) is 2.32. The van der Waals surface area contributed by atoms with Gasteiger partial charge in [0.1, 0.15) is 0 Å². The number of carbonyl (C=O) groups excluding carboxylic acids is 2. The molecule has 158 valence electrons. The molecule has 2 aromatic carbocycles. The normalized spacial score (nSPS) is 11.0. The van der Waals surface area contributed by atoms with Crippen molar-refractivity contribution in [3.63, 3.8) is 0 Å². The second-order valence-electron chi connectivity index (χ2n) is 7.23. The van der Waals surface area contributed by atoms with Crippen LogP contribution < -0.4 is 10.6 Å². The lowest BCUT2D eigenvalue weighted by Gasteiger charge is -2.18. The van der Waals surface area contributed by atoms with Crippen LogP contribution in [0.2, 0.25) is 0 Å². The molecule has 0 spiro atoms. The van der Waals surface area contributed by atoms with Crippen LogP contribution in [0.3, 0.4) is 0 Å². The predicted molar refractivity (Wildman–Crippen MR) is 122 cm³/mol. The van der Waals surface area contributed by atoms with Crippen molar-refractivity contribution >= 4 is 28.4 Å². The number of nitrogens with zero attached hydrogens (tertiary/aromatic N) is 2. The third kappa shape index (κ3) is 5.70. The van der Waals surface area contributed by atoms with Crippen LogP contribution in [-0.4, -0.2) is 47.5 Å². The van der Waals surface area contributed by atoms with Gasteiger partial charge in [0.05, 0.1) is 0 Å². The first kappa shape index (κ1) is 21.6. The van der Waals surface area contributed by atoms with E-state index in [0.717, 1.165) is 42.8 Å². The molecule has 0 atom stereocenters. The van der Waals surface area contributed by atoms with Crippen molar-refractivity contribution in [1.29, 1.82) is 0 Å². The highest BCUT2D eigenvalue weighted by Crippen LogP contribution is 2.21. The van der Waals surface area contributed by atoms with Gasteiger partial charge < -0.3 is 20.1 Å². The van der Waals surface area contributed by atoms with E-state index in [1.165, 1.54) is 0 Å². The minimum Gasteiger partial charge on any atom is -0.352 e. The first-order chi connectivity index (χ1) is 14.6. The smallest absolute Gasteiger partial charge is 0.251 e. The average Bonchev–Trinajstić information content (AvgIpc) is 3.17. The molecule has 0 aliphatic heterocycles. The Morgan fingerprint density at radius 2 is 1.77 bits per heavy atom. The molecular weight excluding hydrogens is 376 g/mol. The lowest BCUT2D eigenvalue weighted by Crippen LogP contribution is -2.27. The van der Waals surface area contributed by atoms with Gasteiger partial charge in [-0.2, -0.15) is 0 Å². The minimum absolute atomic E-state index is 0.122. The molecule has 0 bridgehead atoms. The van der Waals surface area contributed by atoms with Crippen LogP contribution in [0, 0.1) is 0 Å². The molecule has 0 saturated heterocycles. The number of hydrogen-bond donors (Lipinski definition) is 2. The van der Waals surface area contributed by atoms with E-state index in [-0.39, 0.29) is 18.2 Å². The number of nitrogens with one attached hydrogen (secondary N) is 2. The van der Waals surface area contributed by atoms with Crippen molar-refractivity contribution in [3.8, 4) is 0 Å². The van der Waals surface area contributed by atoms with Gasteiger partial charge in [0.15, 0.2) is 0 Å². The Morgan fingerprint density at radius 3 is 2.50 bits per heavy atom. The Bertz CT molecular complexity index is 977. The van der Waals surface area contributed by atoms with Gasteiger partial charge in [0, 0.05) is 54.4 Å². The number of aromatic nitrogens is 1. The quantitative estimate of drug-likeness (QED) is 0.539. The third-order valence-corrected chi connectivity index (χ3v) is 5.28. The van der Waals surface area contributed by atoms with E-state index in [1.54, 1.807) is 12.1 Å². The number of anilines is 1. The SMILES string of the molecule is CCN(CC)CCn1ccc2cc(NC(=O)CCNC(=O)c3ccccc3)ccc21. The molecule has 0 aliphatic carbocycles. The van der Waals surface area contributed by atoms with Gasteiger partial charge in [0.2, 0.25) is 5.91 Å². The van der Waals surface area contributed by atoms with Crippen LogP contribution in [0.5, 0.6) is 0 Å². The van der Waals surface area contributed by atoms with Gasteiger partial charge >= 0.3 is 0 Å². The van der Waals surface area contributed by atoms with Crippen LogP contribution >= 0.6 is 0 Å². The Hall–Kier alpha value is -3.12. The summed E-state index contributed by atoms with van der Waals surface area (Å²) in [5.74, 6) is -0.292. The van der Waals surface area contributed by atoms with Gasteiger partial charge in [0.25, 0.3) is 5.91 Å². The molecule has 1 aromatic heterocycles. The topological polar surface area (TPSA) is 66.4 Å². The highest BCUT2D eigenvalue weighted by atomic mass is 16.2. The van der Waals surface area contributed by atoms with Crippen molar-refractivity contribution in [2.24, 2.45) is 0 Å². The molecule has 0 saturated carbocycles. The first-order valence-corrected chi connectivity index (χ1v) is 10.5. The average molecular weight is 407 g/mol. The zero-order chi connectivity index (χ0) is 21.3. The molecule has 3 rings (SSSR count). The molecule has 6 nitrogen and oxygen atoms in total. The van der Waals surface area contributed by atoms with E-state index < -0.39 is 0 Å². The summed E-state index contributed by atoms with van der Waals surface area (Å²) in [6, 6.07) is 17.0. The summed E-state index contributed by atoms with van der Waals surface area (Å²) in [6.45, 7) is 8.72. The molecule has 0 radical (unpaired) electrons. The van der Waals surface area contributed by atoms with E-state index in [4.69, 9.17) is 0 Å². The second-order valence-corrected chi connectivity index (χ2v) is 7.23. The number of fused-ring (bicyclic) bond motifs is 1. The monoisotopic (exact) mass is 406 g/mol. The summed E-state index contributed by atoms with van der Waals surface area (Å²) in [4.78, 5) is 26.7. The number of rotatable bonds is 10. The standard InChI is InChI=1S/C24H30N4O2/c1-3-27(4-2)16-17-28-15-13-20-18-21(10-11-22(20)28)26-23(29)12-14-25-24(30)19-8-6-5-7-9-19/h5-11,13,15,18H,3-4,12,14,16-17H2,1-2H3,(H,25,30)(H,26,29). The zero-order valence-corrected chi connectivity index (χ0v) is 17.7. The minimum atomic E-state index is -0.170. The fourth-order valence-electron chi connectivity index (χ4n) is 3.47. The molecule has 0 aliphatic rings. The third-order valence-electron chi connectivity index (χ3n) is 5.28. The number of likely N-dealkylation sites (N-methyl/N-ethyl adjacent to an activating group) is 1. The van der Waals surface area contributed by atoms with Crippen LogP contribution in [-0.2, 0) is 11.3 Å². The van der Waals surface area contributed by atoms with E-state index in [0.29, 0.717) is 12.1 Å². The fourth-order valence-corrected chi connectivity index (χ4v) is 3.47. The molecule has 1 heterocycles. The molecule has 3 aromatic rings. The van der Waals surface area contributed by atoms with Crippen molar-refractivity contribution in [2.75, 3.05) is 31.5 Å². The molecule has 30 heavy (non-hydrogen) atoms. The first-order valence-electron chi connectivity index (χ1n) is 10.5. The van der Waals surface area contributed by atoms with Gasteiger partial charge in [-0.05, 0) is 49.5 Å². The van der Waals surface area contributed by atoms with E-state index in [1.807, 2.05) is 36.4 Å². The number of hydrogen-bond acceptors (Lipinski definition) is 3. The largest absolute Gasteiger partial charge is 0.352 e. The van der Waals surface area contributed by atoms with Crippen LogP contribution in [0.25, 0.3) is 10.9 Å². The Morgan fingerprint density at radius 1 is 1.00 bits per heavy atom. The maximum atomic E-state index is 12.2. The van der Waals surface area contributed by atoms with Crippen molar-refractivity contribution in [2.45, 2.75) is 26.8 Å².